The summed E-state index contributed by atoms with van der Waals surface area (Å²) in [5.74, 6) is -2.05. The summed E-state index contributed by atoms with van der Waals surface area (Å²) < 4.78 is 29.8. The van der Waals surface area contributed by atoms with Gasteiger partial charge in [0, 0.05) is 22.9 Å². The second-order valence-corrected chi connectivity index (χ2v) is 16.9. The summed E-state index contributed by atoms with van der Waals surface area (Å²) in [7, 11) is 2.43. The van der Waals surface area contributed by atoms with Crippen LogP contribution in [0, 0.1) is 0 Å². The zero-order chi connectivity index (χ0) is 45.1. The number of esters is 1. The number of anilines is 1. The summed E-state index contributed by atoms with van der Waals surface area (Å²) in [5, 5.41) is 7.77. The minimum absolute atomic E-state index is 0.0341. The van der Waals surface area contributed by atoms with Crippen LogP contribution >= 0.6 is 11.3 Å². The lowest BCUT2D eigenvalue weighted by Gasteiger charge is -2.37. The van der Waals surface area contributed by atoms with Gasteiger partial charge in [0.05, 0.1) is 25.8 Å². The molecule has 0 fully saturated rings. The Balaban J connectivity index is 1.24. The Bertz CT molecular complexity index is 2750. The Labute approximate surface area is 372 Å². The fraction of sp³-hybridized carbons (Fsp3) is 0.250. The third-order valence-corrected chi connectivity index (χ3v) is 11.5. The number of hydrogen-bond acceptors (Lipinski definition) is 12. The van der Waals surface area contributed by atoms with E-state index in [0.717, 1.165) is 45.6 Å². The molecule has 3 heterocycles. The van der Waals surface area contributed by atoms with Gasteiger partial charge in [-0.05, 0) is 73.6 Å². The molecule has 328 valence electrons. The van der Waals surface area contributed by atoms with Crippen molar-refractivity contribution in [3.8, 4) is 11.1 Å². The van der Waals surface area contributed by atoms with Crippen molar-refractivity contribution in [3.63, 3.8) is 0 Å². The molecule has 3 aliphatic rings. The lowest BCUT2D eigenvalue weighted by molar-refractivity contribution is -0.130. The average molecular weight is 884 g/mol. The normalized spacial score (nSPS) is 15.2. The zero-order valence-corrected chi connectivity index (χ0v) is 36.5. The Hall–Kier alpha value is -7.46. The van der Waals surface area contributed by atoms with Crippen molar-refractivity contribution >= 4 is 57.3 Å². The van der Waals surface area contributed by atoms with Gasteiger partial charge in [0.25, 0.3) is 5.91 Å². The number of methoxy groups -OCH3 is 2. The summed E-state index contributed by atoms with van der Waals surface area (Å²) in [6.45, 7) is 5.22. The lowest BCUT2D eigenvalue weighted by atomic mass is 9.99. The van der Waals surface area contributed by atoms with E-state index in [1.807, 2.05) is 78.9 Å². The zero-order valence-electron chi connectivity index (χ0n) is 35.7. The molecule has 2 N–H and O–H groups in total. The molecular weight excluding hydrogens is 839 g/mol. The van der Waals surface area contributed by atoms with Gasteiger partial charge in [0.2, 0.25) is 5.91 Å². The monoisotopic (exact) mass is 883 g/mol. The topological polar surface area (TPSA) is 177 Å². The second kappa shape index (κ2) is 18.1. The van der Waals surface area contributed by atoms with E-state index in [0.29, 0.717) is 28.8 Å². The van der Waals surface area contributed by atoms with Gasteiger partial charge < -0.3 is 34.3 Å². The van der Waals surface area contributed by atoms with Gasteiger partial charge in [-0.15, -0.1) is 11.3 Å². The van der Waals surface area contributed by atoms with Crippen molar-refractivity contribution in [2.75, 3.05) is 19.5 Å². The highest BCUT2D eigenvalue weighted by Gasteiger charge is 2.46. The predicted molar refractivity (Wildman–Crippen MR) is 238 cm³/mol. The molecule has 0 saturated carbocycles. The Kier molecular flexibility index (Phi) is 12.2. The third kappa shape index (κ3) is 8.77. The standard InChI is InChI=1S/C48H45N5O10S/c1-48(2,3)63-47(58)52-30(23-29-17-9-14-22-37(29)52)24-35(42(54)51-45-50-36(27-64-45)44(56)59-4)49-43(55)41(39-26-61-25-38(62-39)28-15-7-6-8-16-28)53(46(57)60-5)40-33-20-12-10-18-31(33)32-19-11-13-21-34(32)40/h6-7,9-15,17-23,25-27,35,40-41H,8,16,24H2,1-5H3,(H,49,55)(H,50,51,54)/t35-,41?/m0/s1. The van der Waals surface area contributed by atoms with Crippen molar-refractivity contribution < 1.29 is 47.7 Å². The molecular formula is C48H45N5O10S. The van der Waals surface area contributed by atoms with Crippen LogP contribution in [0.25, 0.3) is 22.0 Å². The minimum atomic E-state index is -1.63. The van der Waals surface area contributed by atoms with E-state index < -0.39 is 53.7 Å². The Morgan fingerprint density at radius 1 is 0.922 bits per heavy atom. The van der Waals surface area contributed by atoms with Gasteiger partial charge in [0.1, 0.15) is 24.2 Å². The number of ether oxygens (including phenoxy) is 5. The van der Waals surface area contributed by atoms with E-state index in [2.05, 4.69) is 15.6 Å². The first-order chi connectivity index (χ1) is 30.8. The van der Waals surface area contributed by atoms with E-state index in [1.165, 1.54) is 41.6 Å². The van der Waals surface area contributed by atoms with E-state index in [1.54, 1.807) is 39.0 Å². The SMILES string of the molecule is COC(=O)c1csc(NC(=O)[C@H](Cc2cc3ccccc3n2C(=O)OC(C)(C)C)NC(=O)C(C2=COC=C(C3=CC=CCC3)O2)N(C(=O)OC)C2c3ccccc3-c3ccccc32)n1. The number of para-hydroxylation sites is 1. The van der Waals surface area contributed by atoms with Gasteiger partial charge in [0.15, 0.2) is 28.4 Å². The molecule has 0 spiro atoms. The summed E-state index contributed by atoms with van der Waals surface area (Å²) in [6, 6.07) is 20.0. The second-order valence-electron chi connectivity index (χ2n) is 16.1. The molecule has 5 aromatic rings. The van der Waals surface area contributed by atoms with Crippen LogP contribution in [0.4, 0.5) is 14.7 Å². The van der Waals surface area contributed by atoms with Gasteiger partial charge in [-0.3, -0.25) is 14.5 Å². The van der Waals surface area contributed by atoms with E-state index in [-0.39, 0.29) is 23.0 Å². The number of amides is 3. The molecule has 1 aliphatic heterocycles. The van der Waals surface area contributed by atoms with Crippen LogP contribution in [0.1, 0.15) is 67.0 Å². The minimum Gasteiger partial charge on any atom is -0.465 e. The number of nitrogens with one attached hydrogen (secondary N) is 2. The first-order valence-corrected chi connectivity index (χ1v) is 21.3. The maximum atomic E-state index is 15.5. The molecule has 64 heavy (non-hydrogen) atoms. The average Bonchev–Trinajstić information content (AvgIpc) is 4.01. The number of nitrogens with zero attached hydrogens (tertiary/aromatic N) is 3. The summed E-state index contributed by atoms with van der Waals surface area (Å²) in [4.78, 5) is 76.3. The van der Waals surface area contributed by atoms with Crippen molar-refractivity contribution in [2.45, 2.75) is 63.8 Å². The Morgan fingerprint density at radius 3 is 2.30 bits per heavy atom. The highest BCUT2D eigenvalue weighted by molar-refractivity contribution is 7.14. The number of allylic oxidation sites excluding steroid dienone is 4. The van der Waals surface area contributed by atoms with Gasteiger partial charge >= 0.3 is 18.2 Å². The highest BCUT2D eigenvalue weighted by atomic mass is 32.1. The summed E-state index contributed by atoms with van der Waals surface area (Å²) in [6.07, 6.45) is 8.00. The van der Waals surface area contributed by atoms with Crippen LogP contribution in [0.5, 0.6) is 0 Å². The van der Waals surface area contributed by atoms with E-state index in [9.17, 15) is 19.2 Å². The van der Waals surface area contributed by atoms with Crippen LogP contribution in [0.15, 0.2) is 132 Å². The number of carbonyl (C=O) groups excluding carboxylic acids is 5. The number of fused-ring (bicyclic) bond motifs is 4. The molecule has 3 aromatic carbocycles. The first kappa shape index (κ1) is 43.2. The number of thiazole rings is 1. The maximum absolute atomic E-state index is 15.5. The molecule has 2 aliphatic carbocycles. The molecule has 2 atom stereocenters. The third-order valence-electron chi connectivity index (χ3n) is 10.7. The first-order valence-electron chi connectivity index (χ1n) is 20.5. The van der Waals surface area contributed by atoms with Crippen molar-refractivity contribution in [1.82, 2.24) is 19.8 Å². The molecule has 8 rings (SSSR count). The van der Waals surface area contributed by atoms with E-state index in [4.69, 9.17) is 23.7 Å². The van der Waals surface area contributed by atoms with Crippen molar-refractivity contribution in [3.05, 3.63) is 155 Å². The van der Waals surface area contributed by atoms with Crippen LogP contribution in [0.3, 0.4) is 0 Å². The van der Waals surface area contributed by atoms with Gasteiger partial charge in [-0.25, -0.2) is 23.9 Å². The fourth-order valence-corrected chi connectivity index (χ4v) is 8.65. The fourth-order valence-electron chi connectivity index (χ4n) is 7.97. The van der Waals surface area contributed by atoms with Gasteiger partial charge in [-0.1, -0.05) is 85.0 Å². The summed E-state index contributed by atoms with van der Waals surface area (Å²) >= 11 is 0.973. The van der Waals surface area contributed by atoms with Crippen LogP contribution in [-0.2, 0) is 39.7 Å². The number of benzene rings is 3. The largest absolute Gasteiger partial charge is 0.465 e. The lowest BCUT2D eigenvalue weighted by Crippen LogP contribution is -2.56. The maximum Gasteiger partial charge on any atom is 0.419 e. The predicted octanol–water partition coefficient (Wildman–Crippen LogP) is 8.55. The van der Waals surface area contributed by atoms with Crippen LogP contribution in [0.2, 0.25) is 0 Å². The quantitative estimate of drug-likeness (QED) is 0.0960. The number of carbonyl (C=O) groups is 5. The Morgan fingerprint density at radius 2 is 1.62 bits per heavy atom. The molecule has 0 saturated heterocycles. The van der Waals surface area contributed by atoms with Crippen LogP contribution < -0.4 is 10.6 Å². The molecule has 0 radical (unpaired) electrons. The van der Waals surface area contributed by atoms with Gasteiger partial charge in [-0.2, -0.15) is 0 Å². The summed E-state index contributed by atoms with van der Waals surface area (Å²) in [5.41, 5.74) is 3.88. The molecule has 2 aromatic heterocycles. The molecule has 16 heteroatoms. The van der Waals surface area contributed by atoms with Crippen molar-refractivity contribution in [1.29, 1.82) is 0 Å². The number of hydrogen-bond donors (Lipinski definition) is 2. The highest BCUT2D eigenvalue weighted by Crippen LogP contribution is 2.48. The molecule has 15 nitrogen and oxygen atoms in total. The number of rotatable bonds is 11. The van der Waals surface area contributed by atoms with Crippen molar-refractivity contribution in [2.24, 2.45) is 0 Å². The smallest absolute Gasteiger partial charge is 0.419 e. The molecule has 0 bridgehead atoms. The molecule has 3 amide bonds. The van der Waals surface area contributed by atoms with E-state index >= 15 is 4.79 Å². The van der Waals surface area contributed by atoms with Crippen LogP contribution in [-0.4, -0.2) is 76.3 Å². The molecule has 1 unspecified atom stereocenters. The number of aromatic nitrogens is 2.